The molecular formula is C25H32N4O4S. The van der Waals surface area contributed by atoms with Crippen LogP contribution in [-0.4, -0.2) is 76.0 Å². The lowest BCUT2D eigenvalue weighted by Gasteiger charge is -2.44. The summed E-state index contributed by atoms with van der Waals surface area (Å²) in [5.74, 6) is -0.230. The maximum absolute atomic E-state index is 13.3. The fourth-order valence-corrected chi connectivity index (χ4v) is 6.59. The van der Waals surface area contributed by atoms with Crippen LogP contribution in [0.25, 0.3) is 10.1 Å². The van der Waals surface area contributed by atoms with E-state index in [2.05, 4.69) is 4.90 Å². The van der Waals surface area contributed by atoms with Crippen LogP contribution >= 0.6 is 11.3 Å². The number of nitrogen functional groups attached to an aromatic ring is 1. The number of nitrogens with zero attached hydrogens (tertiary/aromatic N) is 3. The summed E-state index contributed by atoms with van der Waals surface area (Å²) in [5, 5.41) is 1.48. The second kappa shape index (κ2) is 8.23. The molecule has 3 fully saturated rings. The molecule has 3 aliphatic rings. The van der Waals surface area contributed by atoms with E-state index in [1.807, 2.05) is 49.9 Å². The van der Waals surface area contributed by atoms with Gasteiger partial charge in [0.25, 0.3) is 11.8 Å². The minimum absolute atomic E-state index is 0.00997. The summed E-state index contributed by atoms with van der Waals surface area (Å²) in [6.07, 6.45) is 2.44. The Morgan fingerprint density at radius 1 is 1.15 bits per heavy atom. The van der Waals surface area contributed by atoms with Crippen molar-refractivity contribution in [2.45, 2.75) is 63.6 Å². The molecule has 2 N–H and O–H groups in total. The monoisotopic (exact) mass is 484 g/mol. The smallest absolute Gasteiger partial charge is 0.418 e. The molecule has 3 amide bonds. The van der Waals surface area contributed by atoms with Crippen LogP contribution in [0.2, 0.25) is 0 Å². The molecule has 1 spiro atoms. The van der Waals surface area contributed by atoms with Crippen molar-refractivity contribution in [3.63, 3.8) is 0 Å². The van der Waals surface area contributed by atoms with Gasteiger partial charge in [-0.3, -0.25) is 14.5 Å². The Bertz CT molecular complexity index is 1150. The normalized spacial score (nSPS) is 24.9. The molecule has 3 saturated heterocycles. The first-order valence-corrected chi connectivity index (χ1v) is 12.8. The minimum atomic E-state index is -1.08. The zero-order valence-electron chi connectivity index (χ0n) is 20.0. The van der Waals surface area contributed by atoms with Crippen LogP contribution in [0, 0.1) is 0 Å². The molecule has 182 valence electrons. The summed E-state index contributed by atoms with van der Waals surface area (Å²) in [7, 11) is 0. The van der Waals surface area contributed by atoms with Crippen LogP contribution in [0.3, 0.4) is 0 Å². The van der Waals surface area contributed by atoms with Gasteiger partial charge in [-0.2, -0.15) is 0 Å². The standard InChI is InChI=1S/C25H32N4O4S/c1-24(2,3)29-22(31)25(33-23(29)32)11-6-12-28(15-25)16-9-13-27(14-10-16)21(30)19-17-7-4-5-8-18(17)34-20(19)26/h4-5,7-8,16H,6,9-15,26H2,1-3H3. The molecule has 34 heavy (non-hydrogen) atoms. The first kappa shape index (κ1) is 23.1. The molecule has 5 rings (SSSR count). The number of benzene rings is 1. The van der Waals surface area contributed by atoms with Gasteiger partial charge in [-0.25, -0.2) is 9.69 Å². The first-order valence-electron chi connectivity index (χ1n) is 12.0. The summed E-state index contributed by atoms with van der Waals surface area (Å²) in [4.78, 5) is 44.6. The van der Waals surface area contributed by atoms with Gasteiger partial charge in [0.1, 0.15) is 0 Å². The molecule has 4 heterocycles. The maximum atomic E-state index is 13.3. The molecule has 1 aromatic carbocycles. The van der Waals surface area contributed by atoms with Crippen LogP contribution in [0.15, 0.2) is 24.3 Å². The third-order valence-corrected chi connectivity index (χ3v) is 8.32. The Kier molecular flexibility index (Phi) is 5.60. The van der Waals surface area contributed by atoms with Crippen molar-refractivity contribution in [2.24, 2.45) is 0 Å². The summed E-state index contributed by atoms with van der Waals surface area (Å²) in [6.45, 7) is 8.11. The van der Waals surface area contributed by atoms with Gasteiger partial charge in [-0.05, 0) is 59.1 Å². The van der Waals surface area contributed by atoms with Gasteiger partial charge in [-0.1, -0.05) is 18.2 Å². The summed E-state index contributed by atoms with van der Waals surface area (Å²) in [6, 6.07) is 8.07. The predicted octanol–water partition coefficient (Wildman–Crippen LogP) is 3.70. The van der Waals surface area contributed by atoms with Gasteiger partial charge in [0.05, 0.1) is 10.6 Å². The Morgan fingerprint density at radius 2 is 1.85 bits per heavy atom. The van der Waals surface area contributed by atoms with Crippen molar-refractivity contribution >= 4 is 44.3 Å². The number of ether oxygens (including phenoxy) is 1. The van der Waals surface area contributed by atoms with E-state index in [0.717, 1.165) is 35.9 Å². The average molecular weight is 485 g/mol. The van der Waals surface area contributed by atoms with Crippen LogP contribution in [-0.2, 0) is 9.53 Å². The lowest BCUT2D eigenvalue weighted by atomic mass is 9.88. The van der Waals surface area contributed by atoms with Crippen molar-refractivity contribution in [1.29, 1.82) is 0 Å². The van der Waals surface area contributed by atoms with Crippen molar-refractivity contribution in [3.8, 4) is 0 Å². The summed E-state index contributed by atoms with van der Waals surface area (Å²) >= 11 is 1.45. The molecule has 0 saturated carbocycles. The third-order valence-electron chi connectivity index (χ3n) is 7.32. The molecule has 8 nitrogen and oxygen atoms in total. The highest BCUT2D eigenvalue weighted by Crippen LogP contribution is 2.39. The molecule has 2 aromatic rings. The highest BCUT2D eigenvalue weighted by atomic mass is 32.1. The Hall–Kier alpha value is -2.65. The van der Waals surface area contributed by atoms with Crippen LogP contribution < -0.4 is 5.73 Å². The zero-order valence-corrected chi connectivity index (χ0v) is 20.8. The molecule has 3 aliphatic heterocycles. The van der Waals surface area contributed by atoms with E-state index in [1.54, 1.807) is 0 Å². The van der Waals surface area contributed by atoms with Crippen molar-refractivity contribution in [2.75, 3.05) is 31.9 Å². The Balaban J connectivity index is 1.26. The largest absolute Gasteiger partial charge is 0.431 e. The van der Waals surface area contributed by atoms with E-state index in [4.69, 9.17) is 10.5 Å². The van der Waals surface area contributed by atoms with Crippen LogP contribution in [0.4, 0.5) is 9.80 Å². The lowest BCUT2D eigenvalue weighted by molar-refractivity contribution is -0.144. The zero-order chi connectivity index (χ0) is 24.3. The molecule has 0 aliphatic carbocycles. The first-order chi connectivity index (χ1) is 16.1. The van der Waals surface area contributed by atoms with E-state index in [0.29, 0.717) is 36.6 Å². The number of imide groups is 1. The van der Waals surface area contributed by atoms with Crippen molar-refractivity contribution in [3.05, 3.63) is 29.8 Å². The predicted molar refractivity (Wildman–Crippen MR) is 132 cm³/mol. The fraction of sp³-hybridized carbons (Fsp3) is 0.560. The topological polar surface area (TPSA) is 96.2 Å². The number of piperidine rings is 2. The van der Waals surface area contributed by atoms with Gasteiger partial charge < -0.3 is 15.4 Å². The maximum Gasteiger partial charge on any atom is 0.418 e. The van der Waals surface area contributed by atoms with Crippen molar-refractivity contribution < 1.29 is 19.1 Å². The minimum Gasteiger partial charge on any atom is -0.431 e. The van der Waals surface area contributed by atoms with E-state index in [9.17, 15) is 14.4 Å². The van der Waals surface area contributed by atoms with Gasteiger partial charge in [0.2, 0.25) is 5.60 Å². The number of fused-ring (bicyclic) bond motifs is 1. The number of thiophene rings is 1. The fourth-order valence-electron chi connectivity index (χ4n) is 5.62. The average Bonchev–Trinajstić information content (AvgIpc) is 3.25. The Morgan fingerprint density at radius 3 is 2.53 bits per heavy atom. The van der Waals surface area contributed by atoms with Gasteiger partial charge >= 0.3 is 6.09 Å². The number of anilines is 1. The third kappa shape index (κ3) is 3.75. The van der Waals surface area contributed by atoms with Gasteiger partial charge in [-0.15, -0.1) is 11.3 Å². The molecule has 1 atom stereocenters. The molecular weight excluding hydrogens is 452 g/mol. The van der Waals surface area contributed by atoms with Crippen molar-refractivity contribution in [1.82, 2.24) is 14.7 Å². The second-order valence-corrected chi connectivity index (χ2v) is 11.7. The van der Waals surface area contributed by atoms with E-state index in [-0.39, 0.29) is 17.9 Å². The number of hydrogen-bond acceptors (Lipinski definition) is 7. The summed E-state index contributed by atoms with van der Waals surface area (Å²) in [5.41, 5.74) is 5.14. The molecule has 0 radical (unpaired) electrons. The number of likely N-dealkylation sites (tertiary alicyclic amines) is 2. The van der Waals surface area contributed by atoms with Crippen LogP contribution in [0.1, 0.15) is 56.8 Å². The Labute approximate surface area is 203 Å². The number of amides is 3. The van der Waals surface area contributed by atoms with E-state index in [1.165, 1.54) is 16.2 Å². The molecule has 1 unspecified atom stereocenters. The highest BCUT2D eigenvalue weighted by Gasteiger charge is 2.58. The molecule has 0 bridgehead atoms. The number of carbonyl (C=O) groups excluding carboxylic acids is 3. The lowest BCUT2D eigenvalue weighted by Crippen LogP contribution is -2.59. The second-order valence-electron chi connectivity index (χ2n) is 10.6. The van der Waals surface area contributed by atoms with Gasteiger partial charge in [0, 0.05) is 41.3 Å². The summed E-state index contributed by atoms with van der Waals surface area (Å²) < 4.78 is 6.77. The number of rotatable bonds is 2. The quantitative estimate of drug-likeness (QED) is 0.698. The van der Waals surface area contributed by atoms with E-state index >= 15 is 0 Å². The molecule has 1 aromatic heterocycles. The number of hydrogen-bond donors (Lipinski definition) is 1. The highest BCUT2D eigenvalue weighted by molar-refractivity contribution is 7.23. The van der Waals surface area contributed by atoms with Crippen LogP contribution in [0.5, 0.6) is 0 Å². The van der Waals surface area contributed by atoms with Gasteiger partial charge in [0.15, 0.2) is 0 Å². The molecule has 9 heteroatoms. The number of nitrogens with two attached hydrogens (primary N) is 1. The SMILES string of the molecule is CC(C)(C)N1C(=O)OC2(CCCN(C3CCN(C(=O)c4c(N)sc5ccccc45)CC3)C2)C1=O. The number of carbonyl (C=O) groups is 3. The van der Waals surface area contributed by atoms with E-state index < -0.39 is 17.2 Å².